The molecule has 0 amide bonds. The summed E-state index contributed by atoms with van der Waals surface area (Å²) in [6, 6.07) is 6.90. The molecule has 1 atom stereocenters. The number of aromatic hydroxyl groups is 1. The standard InChI is InChI=1S/C10H14O3S/c1-13-6-9(12)7-14-10-4-2-8(11)3-5-10/h2-5,9,11-12H,6-7H2,1H3. The molecule has 78 valence electrons. The molecule has 0 spiro atoms. The van der Waals surface area contributed by atoms with E-state index in [1.807, 2.05) is 12.1 Å². The summed E-state index contributed by atoms with van der Waals surface area (Å²) in [4.78, 5) is 1.03. The molecule has 14 heavy (non-hydrogen) atoms. The maximum atomic E-state index is 9.37. The van der Waals surface area contributed by atoms with Gasteiger partial charge >= 0.3 is 0 Å². The first-order valence-electron chi connectivity index (χ1n) is 4.31. The number of thioether (sulfide) groups is 1. The van der Waals surface area contributed by atoms with Crippen LogP contribution in [0.2, 0.25) is 0 Å². The van der Waals surface area contributed by atoms with Gasteiger partial charge in [0.05, 0.1) is 12.7 Å². The number of phenolic OH excluding ortho intramolecular Hbond substituents is 1. The van der Waals surface area contributed by atoms with Crippen molar-refractivity contribution in [1.82, 2.24) is 0 Å². The van der Waals surface area contributed by atoms with Gasteiger partial charge in [0.1, 0.15) is 5.75 Å². The van der Waals surface area contributed by atoms with Crippen LogP contribution in [-0.4, -0.2) is 35.8 Å². The second-order valence-corrected chi connectivity index (χ2v) is 4.01. The van der Waals surface area contributed by atoms with E-state index in [0.29, 0.717) is 12.4 Å². The van der Waals surface area contributed by atoms with Gasteiger partial charge in [0, 0.05) is 17.8 Å². The van der Waals surface area contributed by atoms with Crippen molar-refractivity contribution in [3.8, 4) is 5.75 Å². The fourth-order valence-corrected chi connectivity index (χ4v) is 1.78. The van der Waals surface area contributed by atoms with E-state index in [1.165, 1.54) is 11.8 Å². The number of aliphatic hydroxyl groups excluding tert-OH is 1. The zero-order valence-electron chi connectivity index (χ0n) is 8.01. The summed E-state index contributed by atoms with van der Waals surface area (Å²) in [6.45, 7) is 0.352. The smallest absolute Gasteiger partial charge is 0.115 e. The quantitative estimate of drug-likeness (QED) is 0.729. The molecule has 1 unspecified atom stereocenters. The summed E-state index contributed by atoms with van der Waals surface area (Å²) in [5, 5.41) is 18.4. The van der Waals surface area contributed by atoms with Crippen molar-refractivity contribution in [3.05, 3.63) is 24.3 Å². The molecule has 0 aromatic heterocycles. The number of benzene rings is 1. The fourth-order valence-electron chi connectivity index (χ4n) is 0.975. The number of rotatable bonds is 5. The van der Waals surface area contributed by atoms with Gasteiger partial charge in [-0.25, -0.2) is 0 Å². The van der Waals surface area contributed by atoms with Crippen LogP contribution in [0.4, 0.5) is 0 Å². The van der Waals surface area contributed by atoms with Gasteiger partial charge in [0.25, 0.3) is 0 Å². The van der Waals surface area contributed by atoms with Crippen molar-refractivity contribution >= 4 is 11.8 Å². The highest BCUT2D eigenvalue weighted by Crippen LogP contribution is 2.21. The van der Waals surface area contributed by atoms with E-state index >= 15 is 0 Å². The lowest BCUT2D eigenvalue weighted by Crippen LogP contribution is -2.16. The maximum Gasteiger partial charge on any atom is 0.115 e. The molecule has 0 bridgehead atoms. The average Bonchev–Trinajstić information content (AvgIpc) is 2.17. The Morgan fingerprint density at radius 1 is 1.36 bits per heavy atom. The van der Waals surface area contributed by atoms with E-state index in [9.17, 15) is 5.11 Å². The molecule has 2 N–H and O–H groups in total. The molecule has 0 aliphatic rings. The van der Waals surface area contributed by atoms with Crippen molar-refractivity contribution < 1.29 is 14.9 Å². The van der Waals surface area contributed by atoms with Crippen LogP contribution < -0.4 is 0 Å². The van der Waals surface area contributed by atoms with E-state index < -0.39 is 6.10 Å². The van der Waals surface area contributed by atoms with Gasteiger partial charge in [0.15, 0.2) is 0 Å². The van der Waals surface area contributed by atoms with Crippen LogP contribution in [0.5, 0.6) is 5.75 Å². The molecule has 0 saturated heterocycles. The van der Waals surface area contributed by atoms with Crippen molar-refractivity contribution in [1.29, 1.82) is 0 Å². The molecule has 1 rings (SSSR count). The largest absolute Gasteiger partial charge is 0.508 e. The normalized spacial score (nSPS) is 12.7. The summed E-state index contributed by atoms with van der Waals surface area (Å²) < 4.78 is 4.81. The van der Waals surface area contributed by atoms with Gasteiger partial charge in [0.2, 0.25) is 0 Å². The molecule has 4 heteroatoms. The highest BCUT2D eigenvalue weighted by Gasteiger charge is 2.03. The van der Waals surface area contributed by atoms with Crippen molar-refractivity contribution in [2.75, 3.05) is 19.5 Å². The molecule has 0 radical (unpaired) electrons. The summed E-state index contributed by atoms with van der Waals surface area (Å²) in [6.07, 6.45) is -0.446. The molecule has 0 aliphatic heterocycles. The van der Waals surface area contributed by atoms with Gasteiger partial charge in [-0.15, -0.1) is 11.8 Å². The third-order valence-corrected chi connectivity index (χ3v) is 2.80. The van der Waals surface area contributed by atoms with E-state index in [2.05, 4.69) is 0 Å². The number of hydrogen-bond donors (Lipinski definition) is 2. The minimum Gasteiger partial charge on any atom is -0.508 e. The third kappa shape index (κ3) is 4.00. The first-order valence-corrected chi connectivity index (χ1v) is 5.29. The minimum absolute atomic E-state index is 0.256. The highest BCUT2D eigenvalue weighted by molar-refractivity contribution is 7.99. The van der Waals surface area contributed by atoms with Crippen LogP contribution in [0.15, 0.2) is 29.2 Å². The average molecular weight is 214 g/mol. The van der Waals surface area contributed by atoms with Crippen molar-refractivity contribution in [2.24, 2.45) is 0 Å². The zero-order valence-corrected chi connectivity index (χ0v) is 8.83. The van der Waals surface area contributed by atoms with Crippen molar-refractivity contribution in [3.63, 3.8) is 0 Å². The third-order valence-electron chi connectivity index (χ3n) is 1.64. The summed E-state index contributed by atoms with van der Waals surface area (Å²) >= 11 is 1.54. The van der Waals surface area contributed by atoms with Crippen LogP contribution in [0, 0.1) is 0 Å². The van der Waals surface area contributed by atoms with Gasteiger partial charge < -0.3 is 14.9 Å². The molecule has 0 fully saturated rings. The van der Waals surface area contributed by atoms with Crippen LogP contribution in [0.1, 0.15) is 0 Å². The molecule has 0 aliphatic carbocycles. The van der Waals surface area contributed by atoms with Crippen LogP contribution >= 0.6 is 11.8 Å². The Balaban J connectivity index is 2.34. The maximum absolute atomic E-state index is 9.37. The lowest BCUT2D eigenvalue weighted by molar-refractivity contribution is 0.0794. The van der Waals surface area contributed by atoms with Crippen LogP contribution in [-0.2, 0) is 4.74 Å². The Bertz CT molecular complexity index is 261. The van der Waals surface area contributed by atoms with E-state index in [4.69, 9.17) is 9.84 Å². The van der Waals surface area contributed by atoms with Gasteiger partial charge in [-0.2, -0.15) is 0 Å². The SMILES string of the molecule is COCC(O)CSc1ccc(O)cc1. The number of hydrogen-bond acceptors (Lipinski definition) is 4. The van der Waals surface area contributed by atoms with E-state index in [1.54, 1.807) is 19.2 Å². The predicted molar refractivity (Wildman–Crippen MR) is 56.7 cm³/mol. The monoisotopic (exact) mass is 214 g/mol. The van der Waals surface area contributed by atoms with E-state index in [0.717, 1.165) is 4.90 Å². The Morgan fingerprint density at radius 3 is 2.57 bits per heavy atom. The first kappa shape index (κ1) is 11.4. The number of phenols is 1. The second kappa shape index (κ2) is 5.90. The fraction of sp³-hybridized carbons (Fsp3) is 0.400. The Kier molecular flexibility index (Phi) is 4.79. The summed E-state index contributed by atoms with van der Waals surface area (Å²) in [5.74, 6) is 0.852. The molecule has 0 saturated carbocycles. The van der Waals surface area contributed by atoms with E-state index in [-0.39, 0.29) is 5.75 Å². The van der Waals surface area contributed by atoms with Crippen LogP contribution in [0.25, 0.3) is 0 Å². The van der Waals surface area contributed by atoms with Gasteiger partial charge in [-0.3, -0.25) is 0 Å². The lowest BCUT2D eigenvalue weighted by Gasteiger charge is -2.08. The Hall–Kier alpha value is -0.710. The van der Waals surface area contributed by atoms with Gasteiger partial charge in [-0.05, 0) is 24.3 Å². The first-order chi connectivity index (χ1) is 6.72. The number of aliphatic hydroxyl groups is 1. The molecule has 0 heterocycles. The van der Waals surface area contributed by atoms with Crippen LogP contribution in [0.3, 0.4) is 0 Å². The Labute approximate surface area is 87.7 Å². The number of methoxy groups -OCH3 is 1. The predicted octanol–water partition coefficient (Wildman–Crippen LogP) is 1.49. The zero-order chi connectivity index (χ0) is 10.4. The molecular weight excluding hydrogens is 200 g/mol. The number of ether oxygens (including phenoxy) is 1. The minimum atomic E-state index is -0.446. The molecule has 1 aromatic rings. The van der Waals surface area contributed by atoms with Gasteiger partial charge in [-0.1, -0.05) is 0 Å². The molecule has 1 aromatic carbocycles. The molecular formula is C10H14O3S. The summed E-state index contributed by atoms with van der Waals surface area (Å²) in [5.41, 5.74) is 0. The lowest BCUT2D eigenvalue weighted by atomic mass is 10.3. The Morgan fingerprint density at radius 2 is 2.00 bits per heavy atom. The highest BCUT2D eigenvalue weighted by atomic mass is 32.2. The van der Waals surface area contributed by atoms with Crippen molar-refractivity contribution in [2.45, 2.75) is 11.0 Å². The second-order valence-electron chi connectivity index (χ2n) is 2.91. The summed E-state index contributed by atoms with van der Waals surface area (Å²) in [7, 11) is 1.56. The topological polar surface area (TPSA) is 49.7 Å². The molecule has 3 nitrogen and oxygen atoms in total.